The van der Waals surface area contributed by atoms with Crippen molar-refractivity contribution in [3.05, 3.63) is 41.0 Å². The molecule has 0 saturated carbocycles. The van der Waals surface area contributed by atoms with Crippen LogP contribution in [0.1, 0.15) is 19.0 Å². The van der Waals surface area contributed by atoms with E-state index in [0.29, 0.717) is 10.8 Å². The van der Waals surface area contributed by atoms with E-state index >= 15 is 0 Å². The van der Waals surface area contributed by atoms with E-state index in [1.54, 1.807) is 23.7 Å². The Hall–Kier alpha value is -1.85. The third-order valence-electron chi connectivity index (χ3n) is 2.72. The van der Waals surface area contributed by atoms with Crippen LogP contribution in [0.4, 0.5) is 5.82 Å². The second kappa shape index (κ2) is 6.07. The zero-order valence-corrected chi connectivity index (χ0v) is 12.2. The maximum absolute atomic E-state index is 11.7. The SMILES string of the molecule is Cc1cc(NC(=O)CC(C)N)nn1-c1cccc(Cl)c1. The lowest BCUT2D eigenvalue weighted by molar-refractivity contribution is -0.116. The Morgan fingerprint density at radius 3 is 2.90 bits per heavy atom. The fraction of sp³-hybridized carbons (Fsp3) is 0.286. The second-order valence-corrected chi connectivity index (χ2v) is 5.23. The van der Waals surface area contributed by atoms with Crippen LogP contribution in [0.5, 0.6) is 0 Å². The van der Waals surface area contributed by atoms with Crippen molar-refractivity contribution in [2.24, 2.45) is 5.73 Å². The molecule has 0 bridgehead atoms. The minimum Gasteiger partial charge on any atom is -0.327 e. The number of carbonyl (C=O) groups is 1. The van der Waals surface area contributed by atoms with Gasteiger partial charge in [-0.3, -0.25) is 4.79 Å². The summed E-state index contributed by atoms with van der Waals surface area (Å²) in [5.74, 6) is 0.365. The van der Waals surface area contributed by atoms with Crippen molar-refractivity contribution in [1.29, 1.82) is 0 Å². The monoisotopic (exact) mass is 292 g/mol. The van der Waals surface area contributed by atoms with E-state index in [0.717, 1.165) is 11.4 Å². The lowest BCUT2D eigenvalue weighted by Crippen LogP contribution is -2.24. The van der Waals surface area contributed by atoms with Gasteiger partial charge in [-0.25, -0.2) is 4.68 Å². The van der Waals surface area contributed by atoms with Crippen molar-refractivity contribution in [3.63, 3.8) is 0 Å². The summed E-state index contributed by atoms with van der Waals surface area (Å²) in [6.45, 7) is 3.70. The number of aromatic nitrogens is 2. The van der Waals surface area contributed by atoms with E-state index in [4.69, 9.17) is 17.3 Å². The molecular weight excluding hydrogens is 276 g/mol. The average Bonchev–Trinajstić information content (AvgIpc) is 2.68. The average molecular weight is 293 g/mol. The van der Waals surface area contributed by atoms with E-state index in [2.05, 4.69) is 10.4 Å². The van der Waals surface area contributed by atoms with Crippen LogP contribution < -0.4 is 11.1 Å². The number of nitrogens with zero attached hydrogens (tertiary/aromatic N) is 2. The van der Waals surface area contributed by atoms with Gasteiger partial charge in [-0.1, -0.05) is 17.7 Å². The molecule has 20 heavy (non-hydrogen) atoms. The van der Waals surface area contributed by atoms with Crippen LogP contribution >= 0.6 is 11.6 Å². The van der Waals surface area contributed by atoms with E-state index < -0.39 is 0 Å². The lowest BCUT2D eigenvalue weighted by atomic mass is 10.2. The van der Waals surface area contributed by atoms with Gasteiger partial charge in [0.25, 0.3) is 0 Å². The molecule has 0 aliphatic rings. The van der Waals surface area contributed by atoms with Crippen LogP contribution in [0.2, 0.25) is 5.02 Å². The molecule has 0 aliphatic carbocycles. The number of benzene rings is 1. The number of anilines is 1. The molecule has 1 amide bonds. The number of nitrogens with one attached hydrogen (secondary N) is 1. The molecule has 1 unspecified atom stereocenters. The zero-order valence-electron chi connectivity index (χ0n) is 11.4. The van der Waals surface area contributed by atoms with Crippen molar-refractivity contribution < 1.29 is 4.79 Å². The highest BCUT2D eigenvalue weighted by molar-refractivity contribution is 6.30. The molecule has 0 aliphatic heterocycles. The number of rotatable bonds is 4. The fourth-order valence-corrected chi connectivity index (χ4v) is 2.08. The number of hydrogen-bond acceptors (Lipinski definition) is 3. The van der Waals surface area contributed by atoms with Gasteiger partial charge in [0.1, 0.15) is 0 Å². The summed E-state index contributed by atoms with van der Waals surface area (Å²) in [5, 5.41) is 7.73. The number of aryl methyl sites for hydroxylation is 1. The molecule has 5 nitrogen and oxygen atoms in total. The first-order valence-electron chi connectivity index (χ1n) is 6.34. The minimum atomic E-state index is -0.175. The van der Waals surface area contributed by atoms with E-state index in [1.165, 1.54) is 0 Å². The highest BCUT2D eigenvalue weighted by Crippen LogP contribution is 2.18. The number of halogens is 1. The van der Waals surface area contributed by atoms with Crippen LogP contribution in [0.25, 0.3) is 5.69 Å². The molecule has 2 rings (SSSR count). The largest absolute Gasteiger partial charge is 0.327 e. The summed E-state index contributed by atoms with van der Waals surface area (Å²) in [6.07, 6.45) is 0.267. The molecule has 0 fully saturated rings. The summed E-state index contributed by atoms with van der Waals surface area (Å²) in [7, 11) is 0. The molecule has 1 aromatic heterocycles. The predicted molar refractivity (Wildman–Crippen MR) is 80.2 cm³/mol. The summed E-state index contributed by atoms with van der Waals surface area (Å²) in [5.41, 5.74) is 7.34. The smallest absolute Gasteiger partial charge is 0.227 e. The first kappa shape index (κ1) is 14.6. The van der Waals surface area contributed by atoms with Crippen molar-refractivity contribution >= 4 is 23.3 Å². The van der Waals surface area contributed by atoms with Crippen LogP contribution in [0.15, 0.2) is 30.3 Å². The van der Waals surface area contributed by atoms with E-state index in [1.807, 2.05) is 25.1 Å². The van der Waals surface area contributed by atoms with Crippen LogP contribution in [-0.4, -0.2) is 21.7 Å². The van der Waals surface area contributed by atoms with Gasteiger partial charge in [-0.05, 0) is 32.0 Å². The van der Waals surface area contributed by atoms with Gasteiger partial charge in [0, 0.05) is 29.2 Å². The first-order chi connectivity index (χ1) is 9.45. The zero-order chi connectivity index (χ0) is 14.7. The van der Waals surface area contributed by atoms with E-state index in [-0.39, 0.29) is 18.4 Å². The van der Waals surface area contributed by atoms with Gasteiger partial charge >= 0.3 is 0 Å². The molecule has 2 aromatic rings. The maximum atomic E-state index is 11.7. The predicted octanol–water partition coefficient (Wildman–Crippen LogP) is 2.51. The lowest BCUT2D eigenvalue weighted by Gasteiger charge is -2.05. The third kappa shape index (κ3) is 3.59. The molecule has 6 heteroatoms. The summed E-state index contributed by atoms with van der Waals surface area (Å²) >= 11 is 5.97. The van der Waals surface area contributed by atoms with Crippen LogP contribution in [0, 0.1) is 6.92 Å². The molecule has 0 spiro atoms. The Morgan fingerprint density at radius 1 is 1.50 bits per heavy atom. The molecule has 1 heterocycles. The highest BCUT2D eigenvalue weighted by Gasteiger charge is 2.10. The quantitative estimate of drug-likeness (QED) is 0.909. The van der Waals surface area contributed by atoms with Gasteiger partial charge in [-0.2, -0.15) is 0 Å². The number of amides is 1. The molecular formula is C14H17ClN4O. The summed E-state index contributed by atoms with van der Waals surface area (Å²) in [6, 6.07) is 9.00. The second-order valence-electron chi connectivity index (χ2n) is 4.79. The number of carbonyl (C=O) groups excluding carboxylic acids is 1. The standard InChI is InChI=1S/C14H17ClN4O/c1-9(16)6-14(20)17-13-7-10(2)19(18-13)12-5-3-4-11(15)8-12/h3-5,7-9H,6,16H2,1-2H3,(H,17,18,20). The Labute approximate surface area is 122 Å². The molecule has 106 valence electrons. The Morgan fingerprint density at radius 2 is 2.25 bits per heavy atom. The number of hydrogen-bond donors (Lipinski definition) is 2. The molecule has 0 saturated heterocycles. The number of nitrogens with two attached hydrogens (primary N) is 1. The fourth-order valence-electron chi connectivity index (χ4n) is 1.89. The van der Waals surface area contributed by atoms with Gasteiger partial charge in [0.15, 0.2) is 5.82 Å². The van der Waals surface area contributed by atoms with Gasteiger partial charge in [0.2, 0.25) is 5.91 Å². The van der Waals surface area contributed by atoms with Crippen molar-refractivity contribution in [2.45, 2.75) is 26.3 Å². The van der Waals surface area contributed by atoms with Crippen LogP contribution in [0.3, 0.4) is 0 Å². The Kier molecular flexibility index (Phi) is 4.42. The molecule has 1 aromatic carbocycles. The van der Waals surface area contributed by atoms with Crippen molar-refractivity contribution in [2.75, 3.05) is 5.32 Å². The molecule has 1 atom stereocenters. The van der Waals surface area contributed by atoms with Crippen molar-refractivity contribution in [1.82, 2.24) is 9.78 Å². The van der Waals surface area contributed by atoms with Crippen LogP contribution in [-0.2, 0) is 4.79 Å². The Balaban J connectivity index is 2.20. The van der Waals surface area contributed by atoms with Gasteiger partial charge in [0.05, 0.1) is 5.69 Å². The topological polar surface area (TPSA) is 72.9 Å². The maximum Gasteiger partial charge on any atom is 0.227 e. The van der Waals surface area contributed by atoms with E-state index in [9.17, 15) is 4.79 Å². The minimum absolute atomic E-state index is 0.143. The molecule has 0 radical (unpaired) electrons. The summed E-state index contributed by atoms with van der Waals surface area (Å²) < 4.78 is 1.73. The normalized spacial score (nSPS) is 12.2. The highest BCUT2D eigenvalue weighted by atomic mass is 35.5. The van der Waals surface area contributed by atoms with Crippen molar-refractivity contribution in [3.8, 4) is 5.69 Å². The third-order valence-corrected chi connectivity index (χ3v) is 2.95. The molecule has 3 N–H and O–H groups in total. The van der Waals surface area contributed by atoms with Gasteiger partial charge in [-0.15, -0.1) is 5.10 Å². The summed E-state index contributed by atoms with van der Waals surface area (Å²) in [4.78, 5) is 11.7. The first-order valence-corrected chi connectivity index (χ1v) is 6.71. The van der Waals surface area contributed by atoms with Gasteiger partial charge < -0.3 is 11.1 Å². The Bertz CT molecular complexity index is 621.